The smallest absolute Gasteiger partial charge is 0.218 e. The molecule has 0 bridgehead atoms. The van der Waals surface area contributed by atoms with Crippen LogP contribution in [0.4, 0.5) is 0 Å². The molecule has 108 valence electrons. The Morgan fingerprint density at radius 3 is 2.26 bits per heavy atom. The number of hydrogen-bond acceptors (Lipinski definition) is 4. The van der Waals surface area contributed by atoms with E-state index in [4.69, 9.17) is 0 Å². The molecule has 0 aliphatic heterocycles. The van der Waals surface area contributed by atoms with E-state index in [-0.39, 0.29) is 17.2 Å². The van der Waals surface area contributed by atoms with E-state index in [1.54, 1.807) is 19.1 Å². The molecule has 1 aromatic carbocycles. The predicted molar refractivity (Wildman–Crippen MR) is 74.0 cm³/mol. The Balaban J connectivity index is 2.82. The minimum atomic E-state index is -3.68. The summed E-state index contributed by atoms with van der Waals surface area (Å²) in [6.07, 6.45) is 0. The summed E-state index contributed by atoms with van der Waals surface area (Å²) in [4.78, 5) is 0.167. The molecule has 0 fully saturated rings. The van der Waals surface area contributed by atoms with Crippen LogP contribution in [0, 0.1) is 13.8 Å². The van der Waals surface area contributed by atoms with Crippen LogP contribution in [0.25, 0.3) is 0 Å². The Hall–Kier alpha value is -0.960. The van der Waals surface area contributed by atoms with Crippen molar-refractivity contribution in [2.24, 2.45) is 0 Å². The van der Waals surface area contributed by atoms with Crippen molar-refractivity contribution in [3.8, 4) is 0 Å². The third-order valence-electron chi connectivity index (χ3n) is 2.59. The first-order chi connectivity index (χ1) is 8.68. The molecular weight excluding hydrogens is 288 g/mol. The molecule has 6 nitrogen and oxygen atoms in total. The summed E-state index contributed by atoms with van der Waals surface area (Å²) >= 11 is 0. The summed E-state index contributed by atoms with van der Waals surface area (Å²) in [7, 11) is -5.81. The molecule has 1 aromatic rings. The minimum absolute atomic E-state index is 0.167. The normalized spacial score (nSPS) is 12.6. The van der Waals surface area contributed by atoms with Gasteiger partial charge in [-0.3, -0.25) is 0 Å². The number of benzene rings is 1. The topological polar surface area (TPSA) is 92.3 Å². The Morgan fingerprint density at radius 1 is 1.11 bits per heavy atom. The van der Waals surface area contributed by atoms with E-state index in [9.17, 15) is 16.8 Å². The highest BCUT2D eigenvalue weighted by molar-refractivity contribution is 7.90. The molecule has 8 heteroatoms. The average Bonchev–Trinajstić information content (AvgIpc) is 2.27. The zero-order valence-electron chi connectivity index (χ0n) is 11.1. The first kappa shape index (κ1) is 16.1. The maximum atomic E-state index is 12.0. The predicted octanol–water partition coefficient (Wildman–Crippen LogP) is 0.131. The van der Waals surface area contributed by atoms with Gasteiger partial charge >= 0.3 is 0 Å². The van der Waals surface area contributed by atoms with Crippen molar-refractivity contribution in [2.45, 2.75) is 18.7 Å². The quantitative estimate of drug-likeness (QED) is 0.781. The fourth-order valence-electron chi connectivity index (χ4n) is 1.59. The van der Waals surface area contributed by atoms with Crippen LogP contribution >= 0.6 is 0 Å². The summed E-state index contributed by atoms with van der Waals surface area (Å²) in [5, 5.41) is 0. The first-order valence-corrected chi connectivity index (χ1v) is 8.79. The highest BCUT2D eigenvalue weighted by atomic mass is 32.2. The molecule has 0 radical (unpaired) electrons. The van der Waals surface area contributed by atoms with Gasteiger partial charge in [-0.2, -0.15) is 0 Å². The number of hydrogen-bond donors (Lipinski definition) is 2. The van der Waals surface area contributed by atoms with Gasteiger partial charge in [-0.05, 0) is 32.5 Å². The van der Waals surface area contributed by atoms with Crippen LogP contribution in [0.1, 0.15) is 11.1 Å². The number of rotatable bonds is 6. The van der Waals surface area contributed by atoms with Crippen LogP contribution in [0.5, 0.6) is 0 Å². The lowest BCUT2D eigenvalue weighted by Crippen LogP contribution is -2.33. The van der Waals surface area contributed by atoms with Crippen molar-refractivity contribution in [3.63, 3.8) is 0 Å². The maximum absolute atomic E-state index is 12.0. The van der Waals surface area contributed by atoms with Crippen LogP contribution in [0.2, 0.25) is 0 Å². The van der Waals surface area contributed by atoms with Crippen molar-refractivity contribution in [3.05, 3.63) is 29.3 Å². The third-order valence-corrected chi connectivity index (χ3v) is 5.58. The van der Waals surface area contributed by atoms with E-state index in [1.807, 2.05) is 6.92 Å². The van der Waals surface area contributed by atoms with Crippen molar-refractivity contribution in [1.29, 1.82) is 0 Å². The van der Waals surface area contributed by atoms with Gasteiger partial charge in [0.05, 0.1) is 10.6 Å². The third kappa shape index (κ3) is 4.57. The summed E-state index contributed by atoms with van der Waals surface area (Å²) in [6, 6.07) is 4.98. The van der Waals surface area contributed by atoms with Gasteiger partial charge < -0.3 is 0 Å². The Morgan fingerprint density at radius 2 is 1.74 bits per heavy atom. The van der Waals surface area contributed by atoms with Gasteiger partial charge in [0.15, 0.2) is 0 Å². The summed E-state index contributed by atoms with van der Waals surface area (Å²) in [6.45, 7) is 3.40. The molecule has 0 aliphatic rings. The van der Waals surface area contributed by atoms with Crippen LogP contribution in [0.3, 0.4) is 0 Å². The Bertz CT molecular complexity index is 651. The van der Waals surface area contributed by atoms with Crippen molar-refractivity contribution in [2.75, 3.05) is 19.3 Å². The summed E-state index contributed by atoms with van der Waals surface area (Å²) < 4.78 is 50.8. The first-order valence-electron chi connectivity index (χ1n) is 5.66. The van der Waals surface area contributed by atoms with Gasteiger partial charge in [0.25, 0.3) is 0 Å². The fraction of sp³-hybridized carbons (Fsp3) is 0.455. The molecule has 0 heterocycles. The lowest BCUT2D eigenvalue weighted by atomic mass is 10.2. The summed E-state index contributed by atoms with van der Waals surface area (Å²) in [5.74, 6) is -0.298. The van der Waals surface area contributed by atoms with E-state index >= 15 is 0 Å². The molecule has 0 spiro atoms. The lowest BCUT2D eigenvalue weighted by molar-refractivity contribution is 0.578. The molecule has 0 atom stereocenters. The minimum Gasteiger partial charge on any atom is -0.218 e. The largest absolute Gasteiger partial charge is 0.240 e. The number of sulfonamides is 2. The van der Waals surface area contributed by atoms with Gasteiger partial charge in [0.2, 0.25) is 20.0 Å². The van der Waals surface area contributed by atoms with Gasteiger partial charge in [-0.25, -0.2) is 26.3 Å². The van der Waals surface area contributed by atoms with E-state index < -0.39 is 20.0 Å². The maximum Gasteiger partial charge on any atom is 0.240 e. The average molecular weight is 306 g/mol. The highest BCUT2D eigenvalue weighted by Crippen LogP contribution is 2.15. The van der Waals surface area contributed by atoms with E-state index in [0.29, 0.717) is 5.56 Å². The standard InChI is InChI=1S/C11H18N2O4S2/c1-9-4-5-11(10(2)8-9)19(16,17)13-6-7-18(14,15)12-3/h4-5,8,12-13H,6-7H2,1-3H3. The Labute approximate surface area is 114 Å². The van der Waals surface area contributed by atoms with Crippen LogP contribution < -0.4 is 9.44 Å². The monoisotopic (exact) mass is 306 g/mol. The molecular formula is C11H18N2O4S2. The highest BCUT2D eigenvalue weighted by Gasteiger charge is 2.17. The van der Waals surface area contributed by atoms with Crippen LogP contribution in [-0.4, -0.2) is 36.2 Å². The lowest BCUT2D eigenvalue weighted by Gasteiger charge is -2.10. The molecule has 19 heavy (non-hydrogen) atoms. The zero-order valence-corrected chi connectivity index (χ0v) is 12.7. The van der Waals surface area contributed by atoms with E-state index in [1.165, 1.54) is 13.1 Å². The van der Waals surface area contributed by atoms with Crippen molar-refractivity contribution < 1.29 is 16.8 Å². The molecule has 2 N–H and O–H groups in total. The SMILES string of the molecule is CNS(=O)(=O)CCNS(=O)(=O)c1ccc(C)cc1C. The number of aryl methyl sites for hydroxylation is 2. The van der Waals surface area contributed by atoms with Crippen LogP contribution in [-0.2, 0) is 20.0 Å². The van der Waals surface area contributed by atoms with Crippen molar-refractivity contribution in [1.82, 2.24) is 9.44 Å². The van der Waals surface area contributed by atoms with Gasteiger partial charge in [0, 0.05) is 6.54 Å². The second kappa shape index (κ2) is 6.00. The second-order valence-electron chi connectivity index (χ2n) is 4.19. The Kier molecular flexibility index (Phi) is 5.08. The number of nitrogens with one attached hydrogen (secondary N) is 2. The fourth-order valence-corrected chi connectivity index (χ4v) is 3.55. The summed E-state index contributed by atoms with van der Waals surface area (Å²) in [5.41, 5.74) is 1.60. The molecule has 1 rings (SSSR count). The molecule has 0 amide bonds. The van der Waals surface area contributed by atoms with Gasteiger partial charge in [0.1, 0.15) is 0 Å². The van der Waals surface area contributed by atoms with E-state index in [2.05, 4.69) is 9.44 Å². The van der Waals surface area contributed by atoms with Crippen LogP contribution in [0.15, 0.2) is 23.1 Å². The van der Waals surface area contributed by atoms with Gasteiger partial charge in [-0.15, -0.1) is 0 Å². The van der Waals surface area contributed by atoms with Crippen molar-refractivity contribution >= 4 is 20.0 Å². The van der Waals surface area contributed by atoms with E-state index in [0.717, 1.165) is 5.56 Å². The molecule has 0 saturated heterocycles. The second-order valence-corrected chi connectivity index (χ2v) is 7.97. The molecule has 0 aromatic heterocycles. The molecule has 0 unspecified atom stereocenters. The molecule has 0 saturated carbocycles. The molecule has 0 aliphatic carbocycles. The van der Waals surface area contributed by atoms with Gasteiger partial charge in [-0.1, -0.05) is 17.7 Å². The zero-order chi connectivity index (χ0) is 14.7.